The molecule has 0 saturated carbocycles. The molecule has 1 heterocycles. The fourth-order valence-electron chi connectivity index (χ4n) is 1.80. The summed E-state index contributed by atoms with van der Waals surface area (Å²) in [7, 11) is 0. The lowest BCUT2D eigenvalue weighted by atomic mass is 10.1. The van der Waals surface area contributed by atoms with Gasteiger partial charge >= 0.3 is 0 Å². The van der Waals surface area contributed by atoms with E-state index in [2.05, 4.69) is 23.3 Å². The number of aromatic nitrogens is 3. The highest BCUT2D eigenvalue weighted by atomic mass is 16.3. The van der Waals surface area contributed by atoms with Crippen LogP contribution >= 0.6 is 0 Å². The van der Waals surface area contributed by atoms with Gasteiger partial charge in [-0.25, -0.2) is 4.68 Å². The minimum Gasteiger partial charge on any atom is -0.387 e. The van der Waals surface area contributed by atoms with Gasteiger partial charge in [-0.1, -0.05) is 36.8 Å². The number of aryl methyl sites for hydroxylation is 1. The van der Waals surface area contributed by atoms with Gasteiger partial charge in [0.05, 0.1) is 18.0 Å². The zero-order chi connectivity index (χ0) is 12.3. The van der Waals surface area contributed by atoms with Crippen LogP contribution in [0.15, 0.2) is 30.5 Å². The highest BCUT2D eigenvalue weighted by molar-refractivity contribution is 5.40. The number of nitrogens with zero attached hydrogens (tertiary/aromatic N) is 3. The monoisotopic (exact) mass is 231 g/mol. The van der Waals surface area contributed by atoms with Gasteiger partial charge in [0.15, 0.2) is 0 Å². The number of para-hydroxylation sites is 1. The Kier molecular flexibility index (Phi) is 3.54. The number of aliphatic hydroxyl groups excluding tert-OH is 1. The lowest BCUT2D eigenvalue weighted by molar-refractivity contribution is 0.194. The molecule has 0 saturated heterocycles. The van der Waals surface area contributed by atoms with Crippen molar-refractivity contribution >= 4 is 0 Å². The summed E-state index contributed by atoms with van der Waals surface area (Å²) in [5.74, 6) is 0. The van der Waals surface area contributed by atoms with Crippen LogP contribution in [-0.4, -0.2) is 20.1 Å². The average molecular weight is 231 g/mol. The highest BCUT2D eigenvalue weighted by Crippen LogP contribution is 2.17. The van der Waals surface area contributed by atoms with Crippen molar-refractivity contribution in [2.45, 2.75) is 32.8 Å². The van der Waals surface area contributed by atoms with Crippen LogP contribution in [0.2, 0.25) is 0 Å². The molecule has 0 bridgehead atoms. The third-order valence-corrected chi connectivity index (χ3v) is 2.70. The lowest BCUT2D eigenvalue weighted by Crippen LogP contribution is -2.00. The summed E-state index contributed by atoms with van der Waals surface area (Å²) in [4.78, 5) is 0. The van der Waals surface area contributed by atoms with Gasteiger partial charge < -0.3 is 5.11 Å². The van der Waals surface area contributed by atoms with E-state index in [4.69, 9.17) is 0 Å². The molecule has 2 rings (SSSR count). The molecule has 90 valence electrons. The Morgan fingerprint density at radius 3 is 2.76 bits per heavy atom. The summed E-state index contributed by atoms with van der Waals surface area (Å²) < 4.78 is 1.73. The predicted octanol–water partition coefficient (Wildman–Crippen LogP) is 2.27. The van der Waals surface area contributed by atoms with Crippen LogP contribution in [0, 0.1) is 0 Å². The maximum absolute atomic E-state index is 9.44. The summed E-state index contributed by atoms with van der Waals surface area (Å²) in [6, 6.07) is 8.13. The van der Waals surface area contributed by atoms with Crippen molar-refractivity contribution in [2.75, 3.05) is 0 Å². The summed E-state index contributed by atoms with van der Waals surface area (Å²) in [5.41, 5.74) is 2.88. The Balaban J connectivity index is 2.38. The van der Waals surface area contributed by atoms with Gasteiger partial charge in [-0.05, 0) is 25.0 Å². The first-order valence-electron chi connectivity index (χ1n) is 5.91. The van der Waals surface area contributed by atoms with E-state index in [9.17, 15) is 5.11 Å². The predicted molar refractivity (Wildman–Crippen MR) is 66.0 cm³/mol. The Morgan fingerprint density at radius 1 is 1.35 bits per heavy atom. The molecule has 0 spiro atoms. The minimum absolute atomic E-state index is 0.581. The SMILES string of the molecule is CCCc1ccccc1-n1cc(C(C)O)nn1. The molecular weight excluding hydrogens is 214 g/mol. The topological polar surface area (TPSA) is 50.9 Å². The standard InChI is InChI=1S/C13H17N3O/c1-3-6-11-7-4-5-8-13(11)16-9-12(10(2)17)14-15-16/h4-5,7-10,17H,3,6H2,1-2H3. The van der Waals surface area contributed by atoms with Gasteiger partial charge in [0.1, 0.15) is 5.69 Å². The molecule has 0 aliphatic rings. The van der Waals surface area contributed by atoms with Crippen molar-refractivity contribution < 1.29 is 5.11 Å². The minimum atomic E-state index is -0.581. The molecule has 0 aliphatic carbocycles. The molecule has 2 aromatic rings. The first-order chi connectivity index (χ1) is 8.22. The zero-order valence-electron chi connectivity index (χ0n) is 10.2. The molecule has 1 N–H and O–H groups in total. The molecule has 1 aromatic carbocycles. The second-order valence-corrected chi connectivity index (χ2v) is 4.14. The fourth-order valence-corrected chi connectivity index (χ4v) is 1.80. The maximum Gasteiger partial charge on any atom is 0.111 e. The molecule has 1 atom stereocenters. The number of rotatable bonds is 4. The maximum atomic E-state index is 9.44. The largest absolute Gasteiger partial charge is 0.387 e. The van der Waals surface area contributed by atoms with E-state index >= 15 is 0 Å². The molecule has 1 aromatic heterocycles. The molecule has 4 nitrogen and oxygen atoms in total. The van der Waals surface area contributed by atoms with Crippen molar-refractivity contribution in [1.82, 2.24) is 15.0 Å². The fraction of sp³-hybridized carbons (Fsp3) is 0.385. The summed E-state index contributed by atoms with van der Waals surface area (Å²) in [6.07, 6.45) is 3.30. The summed E-state index contributed by atoms with van der Waals surface area (Å²) in [5, 5.41) is 17.5. The van der Waals surface area contributed by atoms with Gasteiger partial charge in [0.25, 0.3) is 0 Å². The second kappa shape index (κ2) is 5.10. The molecule has 4 heteroatoms. The van der Waals surface area contributed by atoms with Crippen LogP contribution in [0.4, 0.5) is 0 Å². The van der Waals surface area contributed by atoms with E-state index in [1.165, 1.54) is 5.56 Å². The smallest absolute Gasteiger partial charge is 0.111 e. The second-order valence-electron chi connectivity index (χ2n) is 4.14. The average Bonchev–Trinajstić information content (AvgIpc) is 2.79. The van der Waals surface area contributed by atoms with Crippen molar-refractivity contribution in [2.24, 2.45) is 0 Å². The van der Waals surface area contributed by atoms with Gasteiger partial charge in [-0.2, -0.15) is 0 Å². The summed E-state index contributed by atoms with van der Waals surface area (Å²) >= 11 is 0. The molecular formula is C13H17N3O. The summed E-state index contributed by atoms with van der Waals surface area (Å²) in [6.45, 7) is 3.84. The van der Waals surface area contributed by atoms with Gasteiger partial charge in [-0.15, -0.1) is 5.10 Å². The van der Waals surface area contributed by atoms with Crippen molar-refractivity contribution in [1.29, 1.82) is 0 Å². The van der Waals surface area contributed by atoms with E-state index in [1.807, 2.05) is 18.2 Å². The van der Waals surface area contributed by atoms with Crippen LogP contribution in [0.25, 0.3) is 5.69 Å². The third kappa shape index (κ3) is 2.53. The Morgan fingerprint density at radius 2 is 2.12 bits per heavy atom. The third-order valence-electron chi connectivity index (χ3n) is 2.70. The van der Waals surface area contributed by atoms with Crippen LogP contribution < -0.4 is 0 Å². The molecule has 0 amide bonds. The van der Waals surface area contributed by atoms with Gasteiger partial charge in [-0.3, -0.25) is 0 Å². The van der Waals surface area contributed by atoms with Crippen LogP contribution in [-0.2, 0) is 6.42 Å². The first-order valence-corrected chi connectivity index (χ1v) is 5.91. The zero-order valence-corrected chi connectivity index (χ0v) is 10.2. The molecule has 17 heavy (non-hydrogen) atoms. The van der Waals surface area contributed by atoms with Crippen molar-refractivity contribution in [3.05, 3.63) is 41.7 Å². The molecule has 1 unspecified atom stereocenters. The van der Waals surface area contributed by atoms with Crippen LogP contribution in [0.3, 0.4) is 0 Å². The Bertz CT molecular complexity index is 491. The number of hydrogen-bond donors (Lipinski definition) is 1. The van der Waals surface area contributed by atoms with Gasteiger partial charge in [0, 0.05) is 0 Å². The normalized spacial score (nSPS) is 12.6. The van der Waals surface area contributed by atoms with E-state index in [1.54, 1.807) is 17.8 Å². The highest BCUT2D eigenvalue weighted by Gasteiger charge is 2.09. The van der Waals surface area contributed by atoms with Crippen LogP contribution in [0.5, 0.6) is 0 Å². The van der Waals surface area contributed by atoms with E-state index < -0.39 is 6.10 Å². The van der Waals surface area contributed by atoms with Crippen molar-refractivity contribution in [3.63, 3.8) is 0 Å². The number of hydrogen-bond acceptors (Lipinski definition) is 3. The van der Waals surface area contributed by atoms with E-state index in [-0.39, 0.29) is 0 Å². The molecule has 0 radical (unpaired) electrons. The molecule has 0 aliphatic heterocycles. The quantitative estimate of drug-likeness (QED) is 0.878. The molecule has 0 fully saturated rings. The lowest BCUT2D eigenvalue weighted by Gasteiger charge is -2.07. The van der Waals surface area contributed by atoms with E-state index in [0.29, 0.717) is 5.69 Å². The number of benzene rings is 1. The Labute approximate surface area is 101 Å². The van der Waals surface area contributed by atoms with Crippen LogP contribution in [0.1, 0.15) is 37.6 Å². The number of aliphatic hydroxyl groups is 1. The van der Waals surface area contributed by atoms with Crippen molar-refractivity contribution in [3.8, 4) is 5.69 Å². The first kappa shape index (κ1) is 11.8. The Hall–Kier alpha value is -1.68. The van der Waals surface area contributed by atoms with E-state index in [0.717, 1.165) is 18.5 Å². The van der Waals surface area contributed by atoms with Gasteiger partial charge in [0.2, 0.25) is 0 Å².